The Kier molecular flexibility index (Phi) is 7.87. The second kappa shape index (κ2) is 8.98. The Bertz CT molecular complexity index is 709. The van der Waals surface area contributed by atoms with Gasteiger partial charge in [0.2, 0.25) is 15.9 Å². The number of halogens is 1. The van der Waals surface area contributed by atoms with E-state index in [2.05, 4.69) is 4.72 Å². The zero-order chi connectivity index (χ0) is 17.9. The largest absolute Gasteiger partial charge is 0.340 e. The van der Waals surface area contributed by atoms with Crippen molar-refractivity contribution in [2.24, 2.45) is 11.7 Å². The fourth-order valence-corrected chi connectivity index (χ4v) is 4.18. The number of sulfonamides is 1. The minimum Gasteiger partial charge on any atom is -0.340 e. The van der Waals surface area contributed by atoms with Gasteiger partial charge in [-0.1, -0.05) is 6.07 Å². The van der Waals surface area contributed by atoms with Gasteiger partial charge in [0.15, 0.2) is 0 Å². The molecule has 1 saturated heterocycles. The monoisotopic (exact) mass is 389 g/mol. The number of carbonyl (C=O) groups excluding carboxylic acids is 1. The maximum atomic E-state index is 12.3. The topological polar surface area (TPSA) is 92.5 Å². The summed E-state index contributed by atoms with van der Waals surface area (Å²) in [5.74, 6) is 0.317. The Morgan fingerprint density at radius 1 is 1.32 bits per heavy atom. The summed E-state index contributed by atoms with van der Waals surface area (Å²) in [4.78, 5) is 14.3. The zero-order valence-electron chi connectivity index (χ0n) is 15.0. The minimum absolute atomic E-state index is 0. The molecule has 0 saturated carbocycles. The van der Waals surface area contributed by atoms with Gasteiger partial charge >= 0.3 is 0 Å². The number of amides is 1. The summed E-state index contributed by atoms with van der Waals surface area (Å²) in [6.45, 7) is 7.16. The highest BCUT2D eigenvalue weighted by Gasteiger charge is 2.31. The number of nitrogens with zero attached hydrogens (tertiary/aromatic N) is 1. The average Bonchev–Trinajstić information content (AvgIpc) is 2.90. The smallest absolute Gasteiger partial charge is 0.240 e. The lowest BCUT2D eigenvalue weighted by Gasteiger charge is -2.21. The molecule has 2 rings (SSSR count). The van der Waals surface area contributed by atoms with Crippen LogP contribution in [0.5, 0.6) is 0 Å². The SMILES string of the molecule is Cc1ccc(S(=O)(=O)NCCC(=O)N2CC(CN)CC2C)cc1C.Cl. The Morgan fingerprint density at radius 3 is 2.56 bits per heavy atom. The lowest BCUT2D eigenvalue weighted by atomic mass is 10.1. The van der Waals surface area contributed by atoms with Gasteiger partial charge in [0.05, 0.1) is 4.90 Å². The molecule has 1 fully saturated rings. The number of carbonyl (C=O) groups is 1. The highest BCUT2D eigenvalue weighted by atomic mass is 35.5. The summed E-state index contributed by atoms with van der Waals surface area (Å²) < 4.78 is 27.1. The van der Waals surface area contributed by atoms with E-state index in [9.17, 15) is 13.2 Å². The second-order valence-corrected chi connectivity index (χ2v) is 8.39. The number of hydrogen-bond acceptors (Lipinski definition) is 4. The summed E-state index contributed by atoms with van der Waals surface area (Å²) in [5, 5.41) is 0. The molecule has 1 aliphatic rings. The van der Waals surface area contributed by atoms with E-state index in [0.717, 1.165) is 17.5 Å². The second-order valence-electron chi connectivity index (χ2n) is 6.63. The van der Waals surface area contributed by atoms with Gasteiger partial charge in [-0.3, -0.25) is 4.79 Å². The Labute approximate surface area is 156 Å². The van der Waals surface area contributed by atoms with E-state index >= 15 is 0 Å². The van der Waals surface area contributed by atoms with E-state index in [0.29, 0.717) is 19.0 Å². The molecule has 1 aromatic rings. The fourth-order valence-electron chi connectivity index (χ4n) is 3.06. The first kappa shape index (κ1) is 21.9. The Hall–Kier alpha value is -1.15. The van der Waals surface area contributed by atoms with E-state index in [1.165, 1.54) is 0 Å². The van der Waals surface area contributed by atoms with Crippen LogP contribution in [0.2, 0.25) is 0 Å². The van der Waals surface area contributed by atoms with E-state index in [-0.39, 0.29) is 42.2 Å². The number of aryl methyl sites for hydroxylation is 2. The quantitative estimate of drug-likeness (QED) is 0.772. The van der Waals surface area contributed by atoms with Gasteiger partial charge < -0.3 is 10.6 Å². The van der Waals surface area contributed by atoms with Crippen molar-refractivity contribution in [2.75, 3.05) is 19.6 Å². The fraction of sp³-hybridized carbons (Fsp3) is 0.588. The third-order valence-corrected chi connectivity index (χ3v) is 6.19. The van der Waals surface area contributed by atoms with Gasteiger partial charge in [0, 0.05) is 25.6 Å². The molecule has 8 heteroatoms. The maximum absolute atomic E-state index is 12.3. The summed E-state index contributed by atoms with van der Waals surface area (Å²) >= 11 is 0. The van der Waals surface area contributed by atoms with Crippen LogP contribution in [0, 0.1) is 19.8 Å². The molecule has 1 amide bonds. The molecule has 1 aromatic carbocycles. The Balaban J connectivity index is 0.00000312. The van der Waals surface area contributed by atoms with Crippen molar-refractivity contribution in [3.8, 4) is 0 Å². The Morgan fingerprint density at radius 2 is 2.00 bits per heavy atom. The van der Waals surface area contributed by atoms with Crippen molar-refractivity contribution >= 4 is 28.3 Å². The molecule has 2 unspecified atom stereocenters. The van der Waals surface area contributed by atoms with Gasteiger partial charge in [-0.15, -0.1) is 12.4 Å². The number of nitrogens with one attached hydrogen (secondary N) is 1. The van der Waals surface area contributed by atoms with E-state index in [1.54, 1.807) is 18.2 Å². The van der Waals surface area contributed by atoms with Crippen molar-refractivity contribution in [1.29, 1.82) is 0 Å². The average molecular weight is 390 g/mol. The van der Waals surface area contributed by atoms with Crippen LogP contribution in [0.15, 0.2) is 23.1 Å². The minimum atomic E-state index is -3.59. The van der Waals surface area contributed by atoms with Crippen LogP contribution in [0.25, 0.3) is 0 Å². The summed E-state index contributed by atoms with van der Waals surface area (Å²) in [6, 6.07) is 5.19. The highest BCUT2D eigenvalue weighted by molar-refractivity contribution is 7.89. The lowest BCUT2D eigenvalue weighted by Crippen LogP contribution is -2.37. The van der Waals surface area contributed by atoms with Crippen LogP contribution >= 0.6 is 12.4 Å². The van der Waals surface area contributed by atoms with Crippen LogP contribution in [-0.2, 0) is 14.8 Å². The molecule has 6 nitrogen and oxygen atoms in total. The predicted molar refractivity (Wildman–Crippen MR) is 101 cm³/mol. The summed E-state index contributed by atoms with van der Waals surface area (Å²) in [6.07, 6.45) is 1.07. The number of hydrogen-bond donors (Lipinski definition) is 2. The first-order chi connectivity index (χ1) is 11.2. The molecule has 0 radical (unpaired) electrons. The number of likely N-dealkylation sites (tertiary alicyclic amines) is 1. The van der Waals surface area contributed by atoms with E-state index in [1.807, 2.05) is 25.7 Å². The molecule has 0 aromatic heterocycles. The molecular formula is C17H28ClN3O3S. The lowest BCUT2D eigenvalue weighted by molar-refractivity contribution is -0.131. The first-order valence-electron chi connectivity index (χ1n) is 8.31. The normalized spacial score (nSPS) is 20.4. The van der Waals surface area contributed by atoms with Crippen molar-refractivity contribution < 1.29 is 13.2 Å². The third kappa shape index (κ3) is 5.41. The molecule has 142 valence electrons. The van der Waals surface area contributed by atoms with Gasteiger partial charge in [0.25, 0.3) is 0 Å². The third-order valence-electron chi connectivity index (χ3n) is 4.73. The molecule has 1 heterocycles. The predicted octanol–water partition coefficient (Wildman–Crippen LogP) is 1.59. The summed E-state index contributed by atoms with van der Waals surface area (Å²) in [7, 11) is -3.59. The number of benzene rings is 1. The van der Waals surface area contributed by atoms with Crippen LogP contribution in [0.3, 0.4) is 0 Å². The number of rotatable bonds is 6. The standard InChI is InChI=1S/C17H27N3O3S.ClH/c1-12-4-5-16(8-13(12)2)24(22,23)19-7-6-17(21)20-11-15(10-18)9-14(20)3;/h4-5,8,14-15,19H,6-7,9-11,18H2,1-3H3;1H. The molecule has 0 aliphatic carbocycles. The van der Waals surface area contributed by atoms with Crippen molar-refractivity contribution in [3.05, 3.63) is 29.3 Å². The van der Waals surface area contributed by atoms with E-state index < -0.39 is 10.0 Å². The molecule has 0 bridgehead atoms. The van der Waals surface area contributed by atoms with Gasteiger partial charge in [-0.2, -0.15) is 0 Å². The molecular weight excluding hydrogens is 362 g/mol. The van der Waals surface area contributed by atoms with Gasteiger partial charge in [-0.05, 0) is 62.9 Å². The summed E-state index contributed by atoms with van der Waals surface area (Å²) in [5.41, 5.74) is 7.64. The van der Waals surface area contributed by atoms with Crippen molar-refractivity contribution in [2.45, 2.75) is 44.6 Å². The molecule has 3 N–H and O–H groups in total. The number of nitrogens with two attached hydrogens (primary N) is 1. The first-order valence-corrected chi connectivity index (χ1v) is 9.79. The molecule has 25 heavy (non-hydrogen) atoms. The van der Waals surface area contributed by atoms with E-state index in [4.69, 9.17) is 5.73 Å². The zero-order valence-corrected chi connectivity index (χ0v) is 16.6. The van der Waals surface area contributed by atoms with Crippen LogP contribution in [0.1, 0.15) is 30.9 Å². The van der Waals surface area contributed by atoms with Crippen LogP contribution in [-0.4, -0.2) is 44.9 Å². The van der Waals surface area contributed by atoms with Crippen molar-refractivity contribution in [3.63, 3.8) is 0 Å². The molecule has 2 atom stereocenters. The van der Waals surface area contributed by atoms with Crippen LogP contribution in [0.4, 0.5) is 0 Å². The molecule has 1 aliphatic heterocycles. The van der Waals surface area contributed by atoms with Gasteiger partial charge in [0.1, 0.15) is 0 Å². The maximum Gasteiger partial charge on any atom is 0.240 e. The molecule has 0 spiro atoms. The van der Waals surface area contributed by atoms with Gasteiger partial charge in [-0.25, -0.2) is 13.1 Å². The van der Waals surface area contributed by atoms with Crippen molar-refractivity contribution in [1.82, 2.24) is 9.62 Å². The highest BCUT2D eigenvalue weighted by Crippen LogP contribution is 2.22. The van der Waals surface area contributed by atoms with Crippen LogP contribution < -0.4 is 10.5 Å².